The number of rotatable bonds is 4. The Balaban J connectivity index is 1.30. The number of imidazole rings is 1. The molecule has 0 saturated carbocycles. The molecule has 2 aliphatic rings. The number of ether oxygens (including phenoxy) is 1. The standard InChI is InChI=1S/C24H27N9O/c1-15-22(19-10-27-12-21(25)29-19)30-23(26)24-28-11-20(33(15)24)16-2-4-17(5-3-16)31-6-8-32(9-7-31)18-13-34-14-18/h2-5,10-12,18H,6-9,13-14H2,1H3,(H2,25,29)(H2,26,30). The molecule has 10 nitrogen and oxygen atoms in total. The largest absolute Gasteiger partial charge is 0.382 e. The molecule has 2 saturated heterocycles. The minimum atomic E-state index is 0.334. The van der Waals surface area contributed by atoms with Gasteiger partial charge in [0.1, 0.15) is 17.2 Å². The third-order valence-corrected chi connectivity index (χ3v) is 6.78. The summed E-state index contributed by atoms with van der Waals surface area (Å²) in [6, 6.07) is 9.25. The van der Waals surface area contributed by atoms with Gasteiger partial charge in [-0.1, -0.05) is 12.1 Å². The molecule has 4 N–H and O–H groups in total. The van der Waals surface area contributed by atoms with Crippen molar-refractivity contribution < 1.29 is 4.74 Å². The van der Waals surface area contributed by atoms with Crippen LogP contribution in [0.3, 0.4) is 0 Å². The maximum atomic E-state index is 6.27. The molecule has 0 bridgehead atoms. The Bertz CT molecular complexity index is 1340. The van der Waals surface area contributed by atoms with Gasteiger partial charge in [0.2, 0.25) is 0 Å². The molecule has 34 heavy (non-hydrogen) atoms. The number of anilines is 3. The van der Waals surface area contributed by atoms with Crippen molar-refractivity contribution in [3.05, 3.63) is 48.5 Å². The van der Waals surface area contributed by atoms with Gasteiger partial charge in [-0.25, -0.2) is 15.0 Å². The van der Waals surface area contributed by atoms with E-state index in [2.05, 4.69) is 54.0 Å². The zero-order chi connectivity index (χ0) is 23.2. The van der Waals surface area contributed by atoms with Crippen molar-refractivity contribution in [1.82, 2.24) is 29.2 Å². The molecular formula is C24H27N9O. The van der Waals surface area contributed by atoms with Crippen LogP contribution in [0.4, 0.5) is 17.3 Å². The molecule has 1 aromatic carbocycles. The van der Waals surface area contributed by atoms with Crippen molar-refractivity contribution in [2.24, 2.45) is 0 Å². The number of nitrogen functional groups attached to an aromatic ring is 2. The van der Waals surface area contributed by atoms with Crippen molar-refractivity contribution >= 4 is 23.0 Å². The maximum Gasteiger partial charge on any atom is 0.180 e. The van der Waals surface area contributed by atoms with Crippen LogP contribution in [-0.4, -0.2) is 74.7 Å². The Labute approximate surface area is 197 Å². The Kier molecular flexibility index (Phi) is 5.04. The van der Waals surface area contributed by atoms with E-state index in [9.17, 15) is 0 Å². The number of hydrogen-bond donors (Lipinski definition) is 2. The first-order valence-corrected chi connectivity index (χ1v) is 11.5. The lowest BCUT2D eigenvalue weighted by molar-refractivity contribution is -0.0660. The fourth-order valence-electron chi connectivity index (χ4n) is 4.79. The van der Waals surface area contributed by atoms with Crippen LogP contribution < -0.4 is 16.4 Å². The molecule has 10 heteroatoms. The lowest BCUT2D eigenvalue weighted by Crippen LogP contribution is -2.56. The topological polar surface area (TPSA) is 124 Å². The van der Waals surface area contributed by atoms with Gasteiger partial charge in [-0.05, 0) is 19.1 Å². The summed E-state index contributed by atoms with van der Waals surface area (Å²) in [6.07, 6.45) is 4.98. The van der Waals surface area contributed by atoms with Crippen molar-refractivity contribution in [2.45, 2.75) is 13.0 Å². The van der Waals surface area contributed by atoms with E-state index in [4.69, 9.17) is 16.2 Å². The van der Waals surface area contributed by atoms with Gasteiger partial charge in [0.25, 0.3) is 0 Å². The Hall–Kier alpha value is -3.76. The van der Waals surface area contributed by atoms with E-state index in [-0.39, 0.29) is 0 Å². The Morgan fingerprint density at radius 3 is 2.38 bits per heavy atom. The minimum Gasteiger partial charge on any atom is -0.382 e. The molecule has 0 atom stereocenters. The minimum absolute atomic E-state index is 0.334. The molecule has 2 fully saturated rings. The highest BCUT2D eigenvalue weighted by atomic mass is 16.5. The molecule has 0 aliphatic carbocycles. The van der Waals surface area contributed by atoms with Crippen molar-refractivity contribution in [3.8, 4) is 22.6 Å². The second kappa shape index (κ2) is 8.23. The SMILES string of the molecule is Cc1c(-c2cncc(N)n2)nc(N)c2ncc(-c3ccc(N4CCN(C5COC5)CC4)cc3)n12. The highest BCUT2D eigenvalue weighted by molar-refractivity contribution is 5.75. The van der Waals surface area contributed by atoms with Gasteiger partial charge in [0.15, 0.2) is 11.5 Å². The normalized spacial score (nSPS) is 17.3. The van der Waals surface area contributed by atoms with Gasteiger partial charge in [-0.15, -0.1) is 0 Å². The van der Waals surface area contributed by atoms with Gasteiger partial charge in [-0.3, -0.25) is 14.3 Å². The average molecular weight is 458 g/mol. The molecule has 5 heterocycles. The van der Waals surface area contributed by atoms with Crippen molar-refractivity contribution in [1.29, 1.82) is 0 Å². The van der Waals surface area contributed by atoms with E-state index < -0.39 is 0 Å². The molecule has 0 radical (unpaired) electrons. The van der Waals surface area contributed by atoms with E-state index in [1.54, 1.807) is 6.20 Å². The first kappa shape index (κ1) is 20.8. The molecule has 6 rings (SSSR count). The van der Waals surface area contributed by atoms with Gasteiger partial charge in [0, 0.05) is 43.1 Å². The molecular weight excluding hydrogens is 430 g/mol. The molecule has 3 aromatic heterocycles. The van der Waals surface area contributed by atoms with Crippen LogP contribution in [0.2, 0.25) is 0 Å². The van der Waals surface area contributed by atoms with Gasteiger partial charge >= 0.3 is 0 Å². The fraction of sp³-hybridized carbons (Fsp3) is 0.333. The number of aryl methyl sites for hydroxylation is 1. The van der Waals surface area contributed by atoms with Crippen LogP contribution in [0, 0.1) is 6.92 Å². The van der Waals surface area contributed by atoms with E-state index in [1.165, 1.54) is 11.9 Å². The highest BCUT2D eigenvalue weighted by Gasteiger charge is 2.29. The van der Waals surface area contributed by atoms with Crippen LogP contribution in [-0.2, 0) is 4.74 Å². The Morgan fingerprint density at radius 2 is 1.71 bits per heavy atom. The number of hydrogen-bond acceptors (Lipinski definition) is 9. The smallest absolute Gasteiger partial charge is 0.180 e. The fourth-order valence-corrected chi connectivity index (χ4v) is 4.79. The summed E-state index contributed by atoms with van der Waals surface area (Å²) < 4.78 is 7.37. The summed E-state index contributed by atoms with van der Waals surface area (Å²) in [4.78, 5) is 22.6. The molecule has 4 aromatic rings. The van der Waals surface area contributed by atoms with Crippen LogP contribution in [0.15, 0.2) is 42.9 Å². The Morgan fingerprint density at radius 1 is 0.941 bits per heavy atom. The molecule has 0 unspecified atom stereocenters. The predicted molar refractivity (Wildman–Crippen MR) is 131 cm³/mol. The van der Waals surface area contributed by atoms with Crippen LogP contribution >= 0.6 is 0 Å². The second-order valence-corrected chi connectivity index (χ2v) is 8.82. The van der Waals surface area contributed by atoms with Crippen molar-refractivity contribution in [3.63, 3.8) is 0 Å². The summed E-state index contributed by atoms with van der Waals surface area (Å²) in [5.74, 6) is 0.670. The number of piperazine rings is 1. The zero-order valence-corrected chi connectivity index (χ0v) is 19.1. The van der Waals surface area contributed by atoms with E-state index in [1.807, 2.05) is 17.5 Å². The maximum absolute atomic E-state index is 6.27. The van der Waals surface area contributed by atoms with Crippen LogP contribution in [0.25, 0.3) is 28.3 Å². The first-order chi connectivity index (χ1) is 16.6. The number of nitrogens with two attached hydrogens (primary N) is 2. The molecule has 0 amide bonds. The van der Waals surface area contributed by atoms with Gasteiger partial charge in [-0.2, -0.15) is 0 Å². The summed E-state index contributed by atoms with van der Waals surface area (Å²) in [5, 5.41) is 0. The van der Waals surface area contributed by atoms with Gasteiger partial charge in [0.05, 0.1) is 43.5 Å². The summed E-state index contributed by atoms with van der Waals surface area (Å²) in [5.41, 5.74) is 18.0. The number of aromatic nitrogens is 5. The van der Waals surface area contributed by atoms with Crippen molar-refractivity contribution in [2.75, 3.05) is 55.8 Å². The number of nitrogens with zero attached hydrogens (tertiary/aromatic N) is 7. The van der Waals surface area contributed by atoms with E-state index >= 15 is 0 Å². The van der Waals surface area contributed by atoms with Crippen LogP contribution in [0.1, 0.15) is 5.69 Å². The molecule has 174 valence electrons. The zero-order valence-electron chi connectivity index (χ0n) is 19.1. The predicted octanol–water partition coefficient (Wildman–Crippen LogP) is 1.85. The monoisotopic (exact) mass is 457 g/mol. The highest BCUT2D eigenvalue weighted by Crippen LogP contribution is 2.30. The summed E-state index contributed by atoms with van der Waals surface area (Å²) in [7, 11) is 0. The summed E-state index contributed by atoms with van der Waals surface area (Å²) in [6.45, 7) is 7.92. The second-order valence-electron chi connectivity index (χ2n) is 8.82. The quantitative estimate of drug-likeness (QED) is 0.472. The lowest BCUT2D eigenvalue weighted by atomic mass is 10.1. The van der Waals surface area contributed by atoms with Crippen LogP contribution in [0.5, 0.6) is 0 Å². The number of benzene rings is 1. The first-order valence-electron chi connectivity index (χ1n) is 11.5. The molecule has 2 aliphatic heterocycles. The molecule has 0 spiro atoms. The third kappa shape index (κ3) is 3.51. The average Bonchev–Trinajstić information content (AvgIpc) is 3.27. The van der Waals surface area contributed by atoms with E-state index in [0.717, 1.165) is 56.3 Å². The number of fused-ring (bicyclic) bond motifs is 1. The van der Waals surface area contributed by atoms with E-state index in [0.29, 0.717) is 34.7 Å². The third-order valence-electron chi connectivity index (χ3n) is 6.78. The summed E-state index contributed by atoms with van der Waals surface area (Å²) >= 11 is 0. The van der Waals surface area contributed by atoms with Gasteiger partial charge < -0.3 is 21.1 Å². The lowest BCUT2D eigenvalue weighted by Gasteiger charge is -2.43.